The Labute approximate surface area is 251 Å². The van der Waals surface area contributed by atoms with Gasteiger partial charge in [0.1, 0.15) is 22.7 Å². The first-order valence-corrected chi connectivity index (χ1v) is 22.3. The topological polar surface area (TPSA) is 66.5 Å². The Bertz CT molecular complexity index is 960. The van der Waals surface area contributed by atoms with Crippen LogP contribution >= 0.6 is 47.8 Å². The molecule has 1 aliphatic rings. The van der Waals surface area contributed by atoms with Crippen molar-refractivity contribution in [2.45, 2.75) is 92.0 Å². The number of aliphatic imine (C=N–C) groups is 1. The van der Waals surface area contributed by atoms with E-state index in [1.165, 1.54) is 16.6 Å². The Morgan fingerprint density at radius 3 is 1.65 bits per heavy atom. The minimum Gasteiger partial charge on any atom is -0.361 e. The summed E-state index contributed by atoms with van der Waals surface area (Å²) in [5.74, 6) is 0. The highest BCUT2D eigenvalue weighted by atomic mass is 79.9. The zero-order valence-corrected chi connectivity index (χ0v) is 30.6. The predicted octanol–water partition coefficient (Wildman–Crippen LogP) is 8.62. The van der Waals surface area contributed by atoms with Gasteiger partial charge in [0.15, 0.2) is 0 Å². The Morgan fingerprint density at radius 1 is 0.811 bits per heavy atom. The van der Waals surface area contributed by atoms with E-state index >= 15 is 0 Å². The van der Waals surface area contributed by atoms with Gasteiger partial charge in [-0.25, -0.2) is 9.97 Å². The highest BCUT2D eigenvalue weighted by Gasteiger charge is 2.13. The molecule has 1 aliphatic heterocycles. The van der Waals surface area contributed by atoms with Crippen molar-refractivity contribution in [2.75, 3.05) is 13.2 Å². The van der Waals surface area contributed by atoms with E-state index in [-0.39, 0.29) is 0 Å². The lowest BCUT2D eigenvalue weighted by Gasteiger charge is -2.15. The normalized spacial score (nSPS) is 13.4. The summed E-state index contributed by atoms with van der Waals surface area (Å²) in [5, 5.41) is 0. The average Bonchev–Trinajstić information content (AvgIpc) is 3.43. The van der Waals surface area contributed by atoms with Gasteiger partial charge in [0.05, 0.1) is 24.0 Å². The molecule has 0 radical (unpaired) electrons. The van der Waals surface area contributed by atoms with Crippen molar-refractivity contribution in [1.29, 1.82) is 0 Å². The third-order valence-corrected chi connectivity index (χ3v) is 11.5. The van der Waals surface area contributed by atoms with Crippen molar-refractivity contribution in [1.82, 2.24) is 19.1 Å². The van der Waals surface area contributed by atoms with Crippen LogP contribution in [0.4, 0.5) is 0 Å². The number of hydrogen-bond acceptors (Lipinski definition) is 5. The maximum Gasteiger partial charge on any atom is 0.127 e. The molecule has 0 spiro atoms. The highest BCUT2D eigenvalue weighted by molar-refractivity contribution is 9.11. The van der Waals surface area contributed by atoms with Crippen LogP contribution in [0.5, 0.6) is 0 Å². The zero-order chi connectivity index (χ0) is 28.2. The van der Waals surface area contributed by atoms with Crippen LogP contribution < -0.4 is 0 Å². The lowest BCUT2D eigenvalue weighted by Crippen LogP contribution is -2.22. The number of rotatable bonds is 10. The fourth-order valence-corrected chi connectivity index (χ4v) is 5.05. The van der Waals surface area contributed by atoms with Crippen LogP contribution in [0.25, 0.3) is 0 Å². The van der Waals surface area contributed by atoms with Crippen LogP contribution in [-0.4, -0.2) is 54.7 Å². The van der Waals surface area contributed by atoms with Gasteiger partial charge in [-0.2, -0.15) is 0 Å². The molecular weight excluding hydrogens is 698 g/mol. The molecule has 0 amide bonds. The van der Waals surface area contributed by atoms with E-state index in [0.717, 1.165) is 45.9 Å². The maximum absolute atomic E-state index is 5.63. The largest absolute Gasteiger partial charge is 0.361 e. The Morgan fingerprint density at radius 2 is 1.32 bits per heavy atom. The molecule has 37 heavy (non-hydrogen) atoms. The van der Waals surface area contributed by atoms with Gasteiger partial charge >= 0.3 is 0 Å². The summed E-state index contributed by atoms with van der Waals surface area (Å²) < 4.78 is 18.3. The zero-order valence-electron chi connectivity index (χ0n) is 23.9. The van der Waals surface area contributed by atoms with E-state index < -0.39 is 16.1 Å². The average molecular weight is 743 g/mol. The summed E-state index contributed by atoms with van der Waals surface area (Å²) in [5.41, 5.74) is 3.23. The summed E-state index contributed by atoms with van der Waals surface area (Å²) in [7, 11) is -1.93. The predicted molar refractivity (Wildman–Crippen MR) is 172 cm³/mol. The number of imidazole rings is 2. The Kier molecular flexibility index (Phi) is 15.6. The summed E-state index contributed by atoms with van der Waals surface area (Å²) in [4.78, 5) is 12.4. The Hall–Kier alpha value is -0.376. The molecule has 3 heterocycles. The SMILES string of the molecule is CC1=C(Br)CC=N1.Cc1c(Br)ncn1COCC[Si](C)(C)C.Cc1ncn(COCC[Si](C)(C)C)c1Br. The maximum atomic E-state index is 5.63. The molecule has 12 heteroatoms. The van der Waals surface area contributed by atoms with Gasteiger partial charge in [0.2, 0.25) is 0 Å². The first kappa shape index (κ1) is 34.7. The van der Waals surface area contributed by atoms with Crippen LogP contribution in [0.1, 0.15) is 24.7 Å². The molecule has 2 aromatic rings. The monoisotopic (exact) mass is 739 g/mol. The van der Waals surface area contributed by atoms with Crippen molar-refractivity contribution in [2.24, 2.45) is 4.99 Å². The standard InChI is InChI=1S/2C10H19BrN2OSi.C5H6BrN/c1-9-10(11)12-7-13(9)8-14-5-6-15(2,3)4;1-9-10(11)13(7-12-9)8-14-5-6-15(2,3)4;1-4-5(6)2-3-7-4/h2*7H,5-6,8H2,1-4H3;3H,2H2,1H3. The van der Waals surface area contributed by atoms with Gasteiger partial charge in [-0.3, -0.25) is 4.99 Å². The molecule has 7 nitrogen and oxygen atoms in total. The second-order valence-electron chi connectivity index (χ2n) is 11.4. The van der Waals surface area contributed by atoms with E-state index in [1.807, 2.05) is 36.1 Å². The van der Waals surface area contributed by atoms with Crippen molar-refractivity contribution in [3.8, 4) is 0 Å². The number of nitrogens with zero attached hydrogens (tertiary/aromatic N) is 5. The van der Waals surface area contributed by atoms with Crippen molar-refractivity contribution >= 4 is 70.2 Å². The fourth-order valence-electron chi connectivity index (χ4n) is 2.67. The molecule has 0 fully saturated rings. The number of allylic oxidation sites excluding steroid dienone is 2. The van der Waals surface area contributed by atoms with Gasteiger partial charge in [-0.15, -0.1) is 0 Å². The minimum atomic E-state index is -0.965. The Balaban J connectivity index is 0.000000295. The molecule has 2 aromatic heterocycles. The van der Waals surface area contributed by atoms with Crippen LogP contribution in [0.15, 0.2) is 37.0 Å². The highest BCUT2D eigenvalue weighted by Crippen LogP contribution is 2.20. The molecule has 0 N–H and O–H groups in total. The van der Waals surface area contributed by atoms with Crippen LogP contribution in [-0.2, 0) is 22.9 Å². The molecular formula is C25H44Br3N5O2Si2. The molecule has 0 saturated carbocycles. The summed E-state index contributed by atoms with van der Waals surface area (Å²) in [6.45, 7) is 23.0. The number of halogens is 3. The van der Waals surface area contributed by atoms with E-state index in [9.17, 15) is 0 Å². The molecule has 0 aliphatic carbocycles. The van der Waals surface area contributed by atoms with Gasteiger partial charge in [0.25, 0.3) is 0 Å². The summed E-state index contributed by atoms with van der Waals surface area (Å²) in [6, 6.07) is 2.42. The van der Waals surface area contributed by atoms with Crippen LogP contribution in [0, 0.1) is 13.8 Å². The molecule has 0 saturated heterocycles. The van der Waals surface area contributed by atoms with Crippen molar-refractivity contribution in [3.63, 3.8) is 0 Å². The molecule has 0 unspecified atom stereocenters. The lowest BCUT2D eigenvalue weighted by molar-refractivity contribution is 0.0856. The number of aromatic nitrogens is 4. The first-order valence-electron chi connectivity index (χ1n) is 12.5. The molecule has 0 atom stereocenters. The summed E-state index contributed by atoms with van der Waals surface area (Å²) >= 11 is 10.2. The van der Waals surface area contributed by atoms with Crippen LogP contribution in [0.3, 0.4) is 0 Å². The molecule has 0 bridgehead atoms. The van der Waals surface area contributed by atoms with Gasteiger partial charge in [-0.1, -0.05) is 55.2 Å². The van der Waals surface area contributed by atoms with Gasteiger partial charge < -0.3 is 18.6 Å². The second-order valence-corrected chi connectivity index (χ2v) is 25.1. The molecule has 0 aromatic carbocycles. The van der Waals surface area contributed by atoms with Crippen LogP contribution in [0.2, 0.25) is 51.4 Å². The third-order valence-electron chi connectivity index (χ3n) is 5.38. The molecule has 3 rings (SSSR count). The van der Waals surface area contributed by atoms with Gasteiger partial charge in [0, 0.05) is 52.2 Å². The number of ether oxygens (including phenoxy) is 2. The van der Waals surface area contributed by atoms with E-state index in [4.69, 9.17) is 9.47 Å². The van der Waals surface area contributed by atoms with Gasteiger partial charge in [-0.05, 0) is 64.7 Å². The lowest BCUT2D eigenvalue weighted by atomic mass is 10.4. The fraction of sp³-hybridized carbons (Fsp3) is 0.640. The second kappa shape index (κ2) is 16.7. The van der Waals surface area contributed by atoms with E-state index in [2.05, 4.69) is 102 Å². The van der Waals surface area contributed by atoms with Crippen molar-refractivity contribution < 1.29 is 9.47 Å². The quantitative estimate of drug-likeness (QED) is 0.181. The first-order chi connectivity index (χ1) is 17.1. The number of hydrogen-bond donors (Lipinski definition) is 0. The summed E-state index contributed by atoms with van der Waals surface area (Å²) in [6.07, 6.45) is 6.48. The van der Waals surface area contributed by atoms with Crippen molar-refractivity contribution in [3.05, 3.63) is 43.4 Å². The van der Waals surface area contributed by atoms with E-state index in [1.54, 1.807) is 12.7 Å². The molecule has 210 valence electrons. The third kappa shape index (κ3) is 15.1. The smallest absolute Gasteiger partial charge is 0.127 e. The van der Waals surface area contributed by atoms with E-state index in [0.29, 0.717) is 13.5 Å². The minimum absolute atomic E-state index is 0.589. The number of aryl methyl sites for hydroxylation is 1.